The highest BCUT2D eigenvalue weighted by Crippen LogP contribution is 2.21. The van der Waals surface area contributed by atoms with E-state index in [-0.39, 0.29) is 0 Å². The van der Waals surface area contributed by atoms with E-state index < -0.39 is 0 Å². The normalized spacial score (nSPS) is 11.4. The molecule has 0 aliphatic carbocycles. The molecule has 0 saturated carbocycles. The first-order chi connectivity index (χ1) is 9.67. The molecule has 106 valence electrons. The van der Waals surface area contributed by atoms with Crippen molar-refractivity contribution >= 4 is 22.3 Å². The smallest absolute Gasteiger partial charge is 0.188 e. The molecule has 0 radical (unpaired) electrons. The van der Waals surface area contributed by atoms with Crippen molar-refractivity contribution in [2.24, 2.45) is 0 Å². The van der Waals surface area contributed by atoms with E-state index in [4.69, 9.17) is 0 Å². The Morgan fingerprint density at radius 2 is 2.05 bits per heavy atom. The summed E-state index contributed by atoms with van der Waals surface area (Å²) in [5.41, 5.74) is 0.952. The van der Waals surface area contributed by atoms with Crippen LogP contribution in [-0.2, 0) is 13.0 Å². The van der Waals surface area contributed by atoms with E-state index >= 15 is 0 Å². The molecule has 2 heterocycles. The van der Waals surface area contributed by atoms with E-state index in [1.165, 1.54) is 4.88 Å². The Labute approximate surface area is 123 Å². The van der Waals surface area contributed by atoms with Crippen LogP contribution >= 0.6 is 11.3 Å². The molecule has 2 aromatic rings. The zero-order chi connectivity index (χ0) is 14.4. The molecule has 2 aromatic heterocycles. The summed E-state index contributed by atoms with van der Waals surface area (Å²) in [6.07, 6.45) is 10.5. The second-order valence-electron chi connectivity index (χ2n) is 4.66. The lowest BCUT2D eigenvalue weighted by Crippen LogP contribution is -2.12. The molecule has 5 nitrogen and oxygen atoms in total. The van der Waals surface area contributed by atoms with E-state index in [2.05, 4.69) is 31.2 Å². The van der Waals surface area contributed by atoms with Crippen LogP contribution in [0.1, 0.15) is 17.5 Å². The number of hydrogen-bond donors (Lipinski definition) is 1. The Hall–Kier alpha value is -1.79. The van der Waals surface area contributed by atoms with Gasteiger partial charge < -0.3 is 10.2 Å². The average molecular weight is 289 g/mol. The van der Waals surface area contributed by atoms with Gasteiger partial charge in [0.05, 0.1) is 18.1 Å². The van der Waals surface area contributed by atoms with Gasteiger partial charge >= 0.3 is 0 Å². The summed E-state index contributed by atoms with van der Waals surface area (Å²) in [5.74, 6) is 0.722. The molecule has 1 N–H and O–H groups in total. The minimum atomic E-state index is 0.722. The molecular weight excluding hydrogens is 270 g/mol. The van der Waals surface area contributed by atoms with E-state index in [1.54, 1.807) is 23.7 Å². The number of allylic oxidation sites excluding steroid dienone is 2. The van der Waals surface area contributed by atoms with Gasteiger partial charge in [0.2, 0.25) is 0 Å². The molecule has 0 atom stereocenters. The fraction of sp³-hybridized carbons (Fsp3) is 0.357. The topological polar surface area (TPSA) is 53.9 Å². The highest BCUT2D eigenvalue weighted by Gasteiger charge is 2.03. The van der Waals surface area contributed by atoms with Crippen LogP contribution < -0.4 is 5.32 Å². The summed E-state index contributed by atoms with van der Waals surface area (Å²) in [6.45, 7) is 2.81. The van der Waals surface area contributed by atoms with Crippen LogP contribution in [-0.4, -0.2) is 33.9 Å². The minimum Gasteiger partial charge on any atom is -0.315 e. The lowest BCUT2D eigenvalue weighted by Gasteiger charge is -2.08. The molecule has 0 saturated heterocycles. The Morgan fingerprint density at radius 1 is 1.20 bits per heavy atom. The van der Waals surface area contributed by atoms with E-state index in [1.807, 2.05) is 33.3 Å². The van der Waals surface area contributed by atoms with Crippen molar-refractivity contribution in [1.82, 2.24) is 19.9 Å². The molecule has 0 unspecified atom stereocenters. The van der Waals surface area contributed by atoms with Crippen molar-refractivity contribution in [2.45, 2.75) is 19.9 Å². The van der Waals surface area contributed by atoms with Gasteiger partial charge in [0, 0.05) is 24.0 Å². The minimum absolute atomic E-state index is 0.722. The number of aromatic nitrogens is 3. The third-order valence-electron chi connectivity index (χ3n) is 2.53. The standard InChI is InChI=1S/C14H19N5S/c1-4-5-6-12-8-17-14(20-12)18-13-9-15-11(7-16-13)10-19(2)3/h4-5,7-9H,6,10H2,1-3H3,(H,16,17,18)/b5-4+. The molecule has 0 amide bonds. The van der Waals surface area contributed by atoms with Gasteiger partial charge in [-0.3, -0.25) is 4.98 Å². The number of thiazole rings is 1. The molecule has 0 aromatic carbocycles. The van der Waals surface area contributed by atoms with Crippen LogP contribution in [0.2, 0.25) is 0 Å². The number of nitrogens with zero attached hydrogens (tertiary/aromatic N) is 4. The zero-order valence-electron chi connectivity index (χ0n) is 12.0. The molecule has 0 aliphatic heterocycles. The number of rotatable bonds is 6. The van der Waals surface area contributed by atoms with Crippen LogP contribution in [0, 0.1) is 0 Å². The summed E-state index contributed by atoms with van der Waals surface area (Å²) >= 11 is 1.63. The van der Waals surface area contributed by atoms with Crippen molar-refractivity contribution in [3.8, 4) is 0 Å². The lowest BCUT2D eigenvalue weighted by atomic mass is 10.3. The largest absolute Gasteiger partial charge is 0.315 e. The average Bonchev–Trinajstić information content (AvgIpc) is 2.86. The van der Waals surface area contributed by atoms with Crippen LogP contribution in [0.3, 0.4) is 0 Å². The van der Waals surface area contributed by atoms with Crippen LogP contribution in [0.4, 0.5) is 10.9 Å². The first kappa shape index (κ1) is 14.6. The second kappa shape index (κ2) is 7.12. The van der Waals surface area contributed by atoms with Gasteiger partial charge in [0.25, 0.3) is 0 Å². The third-order valence-corrected chi connectivity index (χ3v) is 3.46. The predicted octanol–water partition coefficient (Wildman–Crippen LogP) is 2.86. The van der Waals surface area contributed by atoms with Gasteiger partial charge in [-0.1, -0.05) is 12.2 Å². The van der Waals surface area contributed by atoms with Crippen molar-refractivity contribution in [3.05, 3.63) is 41.3 Å². The first-order valence-electron chi connectivity index (χ1n) is 6.46. The van der Waals surface area contributed by atoms with Crippen LogP contribution in [0.15, 0.2) is 30.7 Å². The molecular formula is C14H19N5S. The van der Waals surface area contributed by atoms with Crippen molar-refractivity contribution in [2.75, 3.05) is 19.4 Å². The van der Waals surface area contributed by atoms with Gasteiger partial charge in [-0.05, 0) is 21.0 Å². The van der Waals surface area contributed by atoms with Gasteiger partial charge in [0.1, 0.15) is 0 Å². The maximum atomic E-state index is 4.37. The second-order valence-corrected chi connectivity index (χ2v) is 5.78. The Morgan fingerprint density at radius 3 is 2.70 bits per heavy atom. The van der Waals surface area contributed by atoms with Gasteiger partial charge in [0.15, 0.2) is 10.9 Å². The quantitative estimate of drug-likeness (QED) is 0.829. The lowest BCUT2D eigenvalue weighted by molar-refractivity contribution is 0.396. The summed E-state index contributed by atoms with van der Waals surface area (Å²) < 4.78 is 0. The molecule has 0 spiro atoms. The van der Waals surface area contributed by atoms with E-state index in [9.17, 15) is 0 Å². The Balaban J connectivity index is 1.97. The van der Waals surface area contributed by atoms with Gasteiger partial charge in [-0.15, -0.1) is 11.3 Å². The summed E-state index contributed by atoms with van der Waals surface area (Å²) in [6, 6.07) is 0. The Bertz CT molecular complexity index is 559. The molecule has 0 bridgehead atoms. The third kappa shape index (κ3) is 4.40. The fourth-order valence-corrected chi connectivity index (χ4v) is 2.42. The van der Waals surface area contributed by atoms with Gasteiger partial charge in [-0.25, -0.2) is 9.97 Å². The first-order valence-corrected chi connectivity index (χ1v) is 7.27. The Kier molecular flexibility index (Phi) is 5.20. The predicted molar refractivity (Wildman–Crippen MR) is 83.3 cm³/mol. The number of hydrogen-bond acceptors (Lipinski definition) is 6. The SMILES string of the molecule is C/C=C/Cc1cnc(Nc2cnc(CN(C)C)cn2)s1. The summed E-state index contributed by atoms with van der Waals surface area (Å²) in [4.78, 5) is 16.3. The molecule has 6 heteroatoms. The summed E-state index contributed by atoms with van der Waals surface area (Å²) in [5, 5.41) is 4.02. The van der Waals surface area contributed by atoms with E-state index in [0.717, 1.165) is 29.6 Å². The fourth-order valence-electron chi connectivity index (χ4n) is 1.63. The highest BCUT2D eigenvalue weighted by atomic mass is 32.1. The highest BCUT2D eigenvalue weighted by molar-refractivity contribution is 7.15. The maximum absolute atomic E-state index is 4.37. The number of anilines is 2. The molecule has 0 fully saturated rings. The van der Waals surface area contributed by atoms with Gasteiger partial charge in [-0.2, -0.15) is 0 Å². The van der Waals surface area contributed by atoms with Crippen LogP contribution in [0.5, 0.6) is 0 Å². The monoisotopic (exact) mass is 289 g/mol. The molecule has 20 heavy (non-hydrogen) atoms. The van der Waals surface area contributed by atoms with E-state index in [0.29, 0.717) is 0 Å². The van der Waals surface area contributed by atoms with Crippen molar-refractivity contribution in [1.29, 1.82) is 0 Å². The molecule has 2 rings (SSSR count). The zero-order valence-corrected chi connectivity index (χ0v) is 12.8. The van der Waals surface area contributed by atoms with Crippen molar-refractivity contribution in [3.63, 3.8) is 0 Å². The number of nitrogens with one attached hydrogen (secondary N) is 1. The van der Waals surface area contributed by atoms with Crippen LogP contribution in [0.25, 0.3) is 0 Å². The van der Waals surface area contributed by atoms with Crippen molar-refractivity contribution < 1.29 is 0 Å². The molecule has 0 aliphatic rings. The summed E-state index contributed by atoms with van der Waals surface area (Å²) in [7, 11) is 4.02. The maximum Gasteiger partial charge on any atom is 0.188 e.